The molecule has 1 aromatic rings. The smallest absolute Gasteiger partial charge is 0.140 e. The van der Waals surface area contributed by atoms with Crippen LogP contribution in [-0.2, 0) is 18.6 Å². The Morgan fingerprint density at radius 2 is 1.83 bits per heavy atom. The number of hydrogen-bond acceptors (Lipinski definition) is 3. The van der Waals surface area contributed by atoms with Crippen molar-refractivity contribution in [1.29, 1.82) is 0 Å². The quantitative estimate of drug-likeness (QED) is 0.778. The van der Waals surface area contributed by atoms with Gasteiger partial charge in [-0.05, 0) is 38.5 Å². The van der Waals surface area contributed by atoms with E-state index < -0.39 is 0 Å². The Balaban J connectivity index is 1.70. The third-order valence-electron chi connectivity index (χ3n) is 3.93. The number of thioether (sulfide) groups is 1. The Morgan fingerprint density at radius 3 is 2.67 bits per heavy atom. The van der Waals surface area contributed by atoms with Crippen LogP contribution in [0.5, 0.6) is 0 Å². The lowest BCUT2D eigenvalue weighted by Crippen LogP contribution is -2.10. The van der Waals surface area contributed by atoms with Gasteiger partial charge in [-0.15, -0.1) is 0 Å². The topological polar surface area (TPSA) is 25.8 Å². The number of rotatable bonds is 3. The molecule has 0 unspecified atom stereocenters. The average molecular weight is 283 g/mol. The van der Waals surface area contributed by atoms with Crippen molar-refractivity contribution < 1.29 is 0 Å². The van der Waals surface area contributed by atoms with Crippen molar-refractivity contribution >= 4 is 23.4 Å². The van der Waals surface area contributed by atoms with E-state index >= 15 is 0 Å². The van der Waals surface area contributed by atoms with Crippen LogP contribution in [0.2, 0.25) is 5.15 Å². The minimum absolute atomic E-state index is 0.710. The second kappa shape index (κ2) is 5.79. The number of aromatic nitrogens is 2. The van der Waals surface area contributed by atoms with Crippen LogP contribution in [0.15, 0.2) is 0 Å². The van der Waals surface area contributed by atoms with Gasteiger partial charge in [0.2, 0.25) is 0 Å². The lowest BCUT2D eigenvalue weighted by molar-refractivity contribution is 0.657. The summed E-state index contributed by atoms with van der Waals surface area (Å²) in [6, 6.07) is 0. The molecule has 0 aromatic carbocycles. The monoisotopic (exact) mass is 282 g/mol. The van der Waals surface area contributed by atoms with E-state index in [-0.39, 0.29) is 0 Å². The minimum Gasteiger partial charge on any atom is -0.237 e. The summed E-state index contributed by atoms with van der Waals surface area (Å²) in [6.07, 6.45) is 10.1. The Labute approximate surface area is 118 Å². The maximum Gasteiger partial charge on any atom is 0.140 e. The number of nitrogens with zero attached hydrogens (tertiary/aromatic N) is 2. The SMILES string of the molecule is Clc1nc(CSC2CCCC2)nc2c1CCCC2. The van der Waals surface area contributed by atoms with Crippen LogP contribution in [0.1, 0.15) is 55.6 Å². The molecule has 1 fully saturated rings. The van der Waals surface area contributed by atoms with E-state index in [9.17, 15) is 0 Å². The molecule has 0 amide bonds. The summed E-state index contributed by atoms with van der Waals surface area (Å²) in [4.78, 5) is 9.20. The Morgan fingerprint density at radius 1 is 1.06 bits per heavy atom. The third-order valence-corrected chi connectivity index (χ3v) is 5.61. The molecule has 1 aromatic heterocycles. The lowest BCUT2D eigenvalue weighted by atomic mass is 9.97. The highest BCUT2D eigenvalue weighted by Gasteiger charge is 2.19. The fourth-order valence-electron chi connectivity index (χ4n) is 2.91. The molecule has 0 atom stereocenters. The summed E-state index contributed by atoms with van der Waals surface area (Å²) in [5, 5.41) is 1.53. The number of halogens is 1. The van der Waals surface area contributed by atoms with Crippen molar-refractivity contribution in [3.63, 3.8) is 0 Å². The summed E-state index contributed by atoms with van der Waals surface area (Å²) in [6.45, 7) is 0. The molecule has 0 bridgehead atoms. The van der Waals surface area contributed by atoms with Crippen molar-refractivity contribution in [2.45, 2.75) is 62.4 Å². The molecule has 3 rings (SSSR count). The van der Waals surface area contributed by atoms with Crippen molar-refractivity contribution in [2.75, 3.05) is 0 Å². The fraction of sp³-hybridized carbons (Fsp3) is 0.714. The Kier molecular flexibility index (Phi) is 4.10. The van der Waals surface area contributed by atoms with Crippen molar-refractivity contribution in [3.05, 3.63) is 22.2 Å². The van der Waals surface area contributed by atoms with E-state index in [2.05, 4.69) is 4.98 Å². The summed E-state index contributed by atoms with van der Waals surface area (Å²) >= 11 is 8.30. The number of aryl methyl sites for hydroxylation is 1. The van der Waals surface area contributed by atoms with Gasteiger partial charge in [0.1, 0.15) is 11.0 Å². The van der Waals surface area contributed by atoms with Gasteiger partial charge in [-0.2, -0.15) is 11.8 Å². The standard InChI is InChI=1S/C14H19ClN2S/c15-14-11-7-3-4-8-12(11)16-13(17-14)9-18-10-5-1-2-6-10/h10H,1-9H2. The molecular formula is C14H19ClN2S. The Bertz CT molecular complexity index is 430. The second-order valence-corrected chi connectivity index (χ2v) is 6.93. The summed E-state index contributed by atoms with van der Waals surface area (Å²) in [5.41, 5.74) is 2.42. The highest BCUT2D eigenvalue weighted by molar-refractivity contribution is 7.99. The van der Waals surface area contributed by atoms with E-state index in [0.29, 0.717) is 5.15 Å². The summed E-state index contributed by atoms with van der Waals surface area (Å²) in [7, 11) is 0. The first-order chi connectivity index (χ1) is 8.83. The van der Waals surface area contributed by atoms with Crippen molar-refractivity contribution in [2.24, 2.45) is 0 Å². The zero-order valence-corrected chi connectivity index (χ0v) is 12.2. The molecule has 1 saturated carbocycles. The van der Waals surface area contributed by atoms with Crippen molar-refractivity contribution in [1.82, 2.24) is 9.97 Å². The van der Waals surface area contributed by atoms with E-state index in [4.69, 9.17) is 16.6 Å². The second-order valence-electron chi connectivity index (χ2n) is 5.28. The molecule has 4 heteroatoms. The molecule has 2 aliphatic rings. The molecule has 98 valence electrons. The molecule has 0 radical (unpaired) electrons. The van der Waals surface area contributed by atoms with Gasteiger partial charge in [-0.25, -0.2) is 9.97 Å². The van der Waals surface area contributed by atoms with Crippen LogP contribution in [0, 0.1) is 0 Å². The molecular weight excluding hydrogens is 264 g/mol. The third kappa shape index (κ3) is 2.83. The molecule has 2 nitrogen and oxygen atoms in total. The van der Waals surface area contributed by atoms with Crippen LogP contribution in [0.4, 0.5) is 0 Å². The molecule has 18 heavy (non-hydrogen) atoms. The zero-order valence-electron chi connectivity index (χ0n) is 10.6. The van der Waals surface area contributed by atoms with E-state index in [1.165, 1.54) is 49.8 Å². The highest BCUT2D eigenvalue weighted by Crippen LogP contribution is 2.32. The van der Waals surface area contributed by atoms with Crippen LogP contribution < -0.4 is 0 Å². The Hall–Kier alpha value is -0.280. The fourth-order valence-corrected chi connectivity index (χ4v) is 4.39. The summed E-state index contributed by atoms with van der Waals surface area (Å²) < 4.78 is 0. The largest absolute Gasteiger partial charge is 0.237 e. The zero-order chi connectivity index (χ0) is 12.4. The molecule has 0 N–H and O–H groups in total. The molecule has 0 aliphatic heterocycles. The maximum absolute atomic E-state index is 6.28. The van der Waals surface area contributed by atoms with Gasteiger partial charge >= 0.3 is 0 Å². The van der Waals surface area contributed by atoms with Gasteiger partial charge in [-0.3, -0.25) is 0 Å². The molecule has 2 aliphatic carbocycles. The van der Waals surface area contributed by atoms with Gasteiger partial charge < -0.3 is 0 Å². The summed E-state index contributed by atoms with van der Waals surface area (Å²) in [5.74, 6) is 1.87. The normalized spacial score (nSPS) is 20.1. The van der Waals surface area contributed by atoms with Crippen LogP contribution in [0.25, 0.3) is 0 Å². The average Bonchev–Trinajstić information content (AvgIpc) is 2.90. The van der Waals surface area contributed by atoms with Gasteiger partial charge in [0.05, 0.1) is 5.75 Å². The predicted molar refractivity (Wildman–Crippen MR) is 77.2 cm³/mol. The van der Waals surface area contributed by atoms with Crippen LogP contribution in [0.3, 0.4) is 0 Å². The molecule has 0 saturated heterocycles. The molecule has 0 spiro atoms. The van der Waals surface area contributed by atoms with Crippen LogP contribution in [-0.4, -0.2) is 15.2 Å². The first-order valence-corrected chi connectivity index (χ1v) is 8.41. The van der Waals surface area contributed by atoms with Gasteiger partial charge in [0, 0.05) is 16.5 Å². The minimum atomic E-state index is 0.710. The van der Waals surface area contributed by atoms with Crippen molar-refractivity contribution in [3.8, 4) is 0 Å². The van der Waals surface area contributed by atoms with Gasteiger partial charge in [0.25, 0.3) is 0 Å². The first kappa shape index (κ1) is 12.7. The maximum atomic E-state index is 6.28. The predicted octanol–water partition coefficient (Wildman–Crippen LogP) is 4.18. The van der Waals surface area contributed by atoms with E-state index in [1.807, 2.05) is 11.8 Å². The highest BCUT2D eigenvalue weighted by atomic mass is 35.5. The molecule has 1 heterocycles. The van der Waals surface area contributed by atoms with Crippen LogP contribution >= 0.6 is 23.4 Å². The van der Waals surface area contributed by atoms with Gasteiger partial charge in [-0.1, -0.05) is 24.4 Å². The van der Waals surface area contributed by atoms with E-state index in [0.717, 1.165) is 29.7 Å². The van der Waals surface area contributed by atoms with Gasteiger partial charge in [0.15, 0.2) is 0 Å². The number of hydrogen-bond donors (Lipinski definition) is 0. The number of fused-ring (bicyclic) bond motifs is 1. The lowest BCUT2D eigenvalue weighted by Gasteiger charge is -2.17. The van der Waals surface area contributed by atoms with E-state index in [1.54, 1.807) is 0 Å². The first-order valence-electron chi connectivity index (χ1n) is 6.98.